The molecule has 0 radical (unpaired) electrons. The molecule has 1 aromatic heterocycles. The van der Waals surface area contributed by atoms with Crippen molar-refractivity contribution in [3.8, 4) is 0 Å². The van der Waals surface area contributed by atoms with E-state index in [1.807, 2.05) is 6.07 Å². The molecule has 5 heteroatoms. The second-order valence-electron chi connectivity index (χ2n) is 5.26. The number of aromatic nitrogens is 2. The topological polar surface area (TPSA) is 61.2 Å². The number of aromatic amines is 1. The zero-order valence-corrected chi connectivity index (χ0v) is 10.8. The number of nitrogen functional groups attached to an aromatic ring is 1. The van der Waals surface area contributed by atoms with Crippen LogP contribution in [0, 0.1) is 5.92 Å². The van der Waals surface area contributed by atoms with Crippen LogP contribution in [-0.2, 0) is 6.54 Å². The Balaban J connectivity index is 1.69. The maximum Gasteiger partial charge on any atom is 0.145 e. The van der Waals surface area contributed by atoms with Crippen molar-refractivity contribution in [2.45, 2.75) is 19.4 Å². The highest BCUT2D eigenvalue weighted by Gasteiger charge is 2.19. The van der Waals surface area contributed by atoms with Gasteiger partial charge in [-0.15, -0.1) is 0 Å². The van der Waals surface area contributed by atoms with E-state index in [-0.39, 0.29) is 0 Å². The molecule has 1 aliphatic rings. The summed E-state index contributed by atoms with van der Waals surface area (Å²) >= 11 is 0. The Hall–Kier alpha value is -1.07. The highest BCUT2D eigenvalue weighted by molar-refractivity contribution is 5.28. The summed E-state index contributed by atoms with van der Waals surface area (Å²) in [5, 5.41) is 6.88. The molecule has 96 valence electrons. The summed E-state index contributed by atoms with van der Waals surface area (Å²) in [5.74, 6) is 1.44. The van der Waals surface area contributed by atoms with Crippen molar-refractivity contribution in [3.05, 3.63) is 11.8 Å². The highest BCUT2D eigenvalue weighted by atomic mass is 15.2. The lowest BCUT2D eigenvalue weighted by Gasteiger charge is -2.18. The van der Waals surface area contributed by atoms with Gasteiger partial charge in [-0.05, 0) is 45.9 Å². The van der Waals surface area contributed by atoms with E-state index >= 15 is 0 Å². The number of nitrogens with two attached hydrogens (primary N) is 1. The van der Waals surface area contributed by atoms with E-state index < -0.39 is 0 Å². The maximum absolute atomic E-state index is 5.58. The van der Waals surface area contributed by atoms with Gasteiger partial charge in [0.2, 0.25) is 0 Å². The van der Waals surface area contributed by atoms with Crippen LogP contribution in [0.3, 0.4) is 0 Å². The van der Waals surface area contributed by atoms with E-state index in [0.717, 1.165) is 24.7 Å². The molecule has 3 N–H and O–H groups in total. The fourth-order valence-electron chi connectivity index (χ4n) is 2.50. The van der Waals surface area contributed by atoms with Crippen LogP contribution in [0.15, 0.2) is 6.07 Å². The van der Waals surface area contributed by atoms with Gasteiger partial charge in [0.25, 0.3) is 0 Å². The molecular weight excluding hydrogens is 214 g/mol. The van der Waals surface area contributed by atoms with Crippen molar-refractivity contribution in [1.82, 2.24) is 20.0 Å². The predicted molar refractivity (Wildman–Crippen MR) is 69.6 cm³/mol. The van der Waals surface area contributed by atoms with Gasteiger partial charge in [0.15, 0.2) is 0 Å². The summed E-state index contributed by atoms with van der Waals surface area (Å²) in [5.41, 5.74) is 6.67. The summed E-state index contributed by atoms with van der Waals surface area (Å²) in [4.78, 5) is 4.74. The van der Waals surface area contributed by atoms with Gasteiger partial charge in [0, 0.05) is 19.2 Å². The monoisotopic (exact) mass is 237 g/mol. The zero-order valence-electron chi connectivity index (χ0n) is 10.8. The summed E-state index contributed by atoms with van der Waals surface area (Å²) in [6, 6.07) is 1.90. The van der Waals surface area contributed by atoms with Crippen LogP contribution in [0.2, 0.25) is 0 Å². The molecule has 0 bridgehead atoms. The molecule has 0 amide bonds. The van der Waals surface area contributed by atoms with Crippen molar-refractivity contribution >= 4 is 5.82 Å². The first kappa shape index (κ1) is 12.4. The van der Waals surface area contributed by atoms with Gasteiger partial charge in [-0.25, -0.2) is 0 Å². The van der Waals surface area contributed by atoms with E-state index in [1.165, 1.54) is 25.9 Å². The molecule has 17 heavy (non-hydrogen) atoms. The van der Waals surface area contributed by atoms with Crippen molar-refractivity contribution in [2.75, 3.05) is 39.5 Å². The molecule has 1 atom stereocenters. The Bertz CT molecular complexity index is 348. The lowest BCUT2D eigenvalue weighted by molar-refractivity contribution is 0.287. The Labute approximate surface area is 103 Å². The first-order valence-electron chi connectivity index (χ1n) is 6.30. The molecule has 5 nitrogen and oxygen atoms in total. The number of anilines is 1. The van der Waals surface area contributed by atoms with E-state index in [0.29, 0.717) is 5.82 Å². The Morgan fingerprint density at radius 3 is 3.06 bits per heavy atom. The van der Waals surface area contributed by atoms with Crippen LogP contribution < -0.4 is 5.73 Å². The highest BCUT2D eigenvalue weighted by Crippen LogP contribution is 2.18. The average Bonchev–Trinajstić information content (AvgIpc) is 2.85. The van der Waals surface area contributed by atoms with E-state index in [4.69, 9.17) is 5.73 Å². The van der Waals surface area contributed by atoms with Crippen LogP contribution in [-0.4, -0.2) is 53.7 Å². The summed E-state index contributed by atoms with van der Waals surface area (Å²) in [6.45, 7) is 4.54. The summed E-state index contributed by atoms with van der Waals surface area (Å²) < 4.78 is 0. The molecule has 1 unspecified atom stereocenters. The zero-order chi connectivity index (χ0) is 12.3. The van der Waals surface area contributed by atoms with Crippen molar-refractivity contribution in [3.63, 3.8) is 0 Å². The van der Waals surface area contributed by atoms with Gasteiger partial charge >= 0.3 is 0 Å². The molecular formula is C12H23N5. The second-order valence-corrected chi connectivity index (χ2v) is 5.26. The van der Waals surface area contributed by atoms with Gasteiger partial charge in [0.1, 0.15) is 5.82 Å². The maximum atomic E-state index is 5.58. The molecule has 0 spiro atoms. The van der Waals surface area contributed by atoms with Crippen LogP contribution in [0.1, 0.15) is 18.5 Å². The van der Waals surface area contributed by atoms with E-state index in [2.05, 4.69) is 34.1 Å². The normalized spacial score (nSPS) is 21.5. The third-order valence-electron chi connectivity index (χ3n) is 3.50. The van der Waals surface area contributed by atoms with Gasteiger partial charge in [-0.2, -0.15) is 5.10 Å². The lowest BCUT2D eigenvalue weighted by atomic mass is 10.1. The molecule has 1 aliphatic heterocycles. The molecule has 0 aliphatic carbocycles. The first-order chi connectivity index (χ1) is 8.13. The number of likely N-dealkylation sites (tertiary alicyclic amines) is 1. The van der Waals surface area contributed by atoms with Gasteiger partial charge in [-0.3, -0.25) is 5.10 Å². The molecule has 2 rings (SSSR count). The van der Waals surface area contributed by atoms with Gasteiger partial charge in [0.05, 0.1) is 5.69 Å². The molecule has 1 fully saturated rings. The van der Waals surface area contributed by atoms with E-state index in [9.17, 15) is 0 Å². The molecule has 0 aromatic carbocycles. The van der Waals surface area contributed by atoms with Crippen LogP contribution in [0.25, 0.3) is 0 Å². The number of nitrogens with one attached hydrogen (secondary N) is 1. The molecule has 1 aromatic rings. The number of H-pyrrole nitrogens is 1. The Morgan fingerprint density at radius 2 is 2.47 bits per heavy atom. The lowest BCUT2D eigenvalue weighted by Crippen LogP contribution is -2.22. The van der Waals surface area contributed by atoms with Crippen molar-refractivity contribution in [2.24, 2.45) is 5.92 Å². The van der Waals surface area contributed by atoms with Crippen LogP contribution in [0.4, 0.5) is 5.82 Å². The minimum atomic E-state index is 0.575. The Morgan fingerprint density at radius 1 is 1.65 bits per heavy atom. The minimum Gasteiger partial charge on any atom is -0.382 e. The summed E-state index contributed by atoms with van der Waals surface area (Å²) in [7, 11) is 4.35. The SMILES string of the molecule is CN(CCC1CCN(C)C1)Cc1cc(N)n[nH]1. The number of hydrogen-bond donors (Lipinski definition) is 2. The van der Waals surface area contributed by atoms with Gasteiger partial charge < -0.3 is 15.5 Å². The third kappa shape index (κ3) is 3.71. The van der Waals surface area contributed by atoms with Crippen LogP contribution >= 0.6 is 0 Å². The van der Waals surface area contributed by atoms with Crippen molar-refractivity contribution in [1.29, 1.82) is 0 Å². The van der Waals surface area contributed by atoms with Gasteiger partial charge in [-0.1, -0.05) is 0 Å². The van der Waals surface area contributed by atoms with Crippen LogP contribution in [0.5, 0.6) is 0 Å². The fraction of sp³-hybridized carbons (Fsp3) is 0.750. The number of rotatable bonds is 5. The fourth-order valence-corrected chi connectivity index (χ4v) is 2.50. The quantitative estimate of drug-likeness (QED) is 0.794. The average molecular weight is 237 g/mol. The smallest absolute Gasteiger partial charge is 0.145 e. The number of hydrogen-bond acceptors (Lipinski definition) is 4. The van der Waals surface area contributed by atoms with Crippen molar-refractivity contribution < 1.29 is 0 Å². The standard InChI is InChI=1S/C12H23N5/c1-16-5-3-10(8-16)4-6-17(2)9-11-7-12(13)15-14-11/h7,10H,3-6,8-9H2,1-2H3,(H3,13,14,15). The second kappa shape index (κ2) is 5.51. The largest absolute Gasteiger partial charge is 0.382 e. The Kier molecular flexibility index (Phi) is 4.02. The predicted octanol–water partition coefficient (Wildman–Crippen LogP) is 0.766. The summed E-state index contributed by atoms with van der Waals surface area (Å²) in [6.07, 6.45) is 2.63. The molecule has 2 heterocycles. The minimum absolute atomic E-state index is 0.575. The first-order valence-corrected chi connectivity index (χ1v) is 6.30. The molecule has 0 saturated carbocycles. The number of nitrogens with zero attached hydrogens (tertiary/aromatic N) is 3. The van der Waals surface area contributed by atoms with E-state index in [1.54, 1.807) is 0 Å². The third-order valence-corrected chi connectivity index (χ3v) is 3.50. The molecule has 1 saturated heterocycles.